The predicted molar refractivity (Wildman–Crippen MR) is 121 cm³/mol. The number of likely N-dealkylation sites (tertiary alicyclic amines) is 1. The maximum atomic E-state index is 13.3. The van der Waals surface area contributed by atoms with Crippen LogP contribution in [-0.4, -0.2) is 29.4 Å². The molecule has 1 atom stereocenters. The van der Waals surface area contributed by atoms with Gasteiger partial charge in [0.15, 0.2) is 0 Å². The van der Waals surface area contributed by atoms with Gasteiger partial charge in [-0.15, -0.1) is 0 Å². The number of hydrogen-bond acceptors (Lipinski definition) is 2. The minimum Gasteiger partial charge on any atom is -0.341 e. The number of nitrogens with zero attached hydrogens (tertiary/aromatic N) is 1. The van der Waals surface area contributed by atoms with Crippen molar-refractivity contribution in [3.05, 3.63) is 60.2 Å². The Morgan fingerprint density at radius 1 is 0.967 bits per heavy atom. The summed E-state index contributed by atoms with van der Waals surface area (Å²) in [5, 5.41) is 0. The van der Waals surface area contributed by atoms with Crippen molar-refractivity contribution >= 4 is 5.91 Å². The highest BCUT2D eigenvalue weighted by molar-refractivity contribution is 5.81. The Labute approximate surface area is 180 Å². The first-order valence-corrected chi connectivity index (χ1v) is 10.9. The second kappa shape index (κ2) is 12.4. The van der Waals surface area contributed by atoms with Crippen molar-refractivity contribution in [2.75, 3.05) is 13.1 Å². The fourth-order valence-corrected chi connectivity index (χ4v) is 3.14. The number of rotatable bonds is 2. The van der Waals surface area contributed by atoms with Crippen LogP contribution in [0.3, 0.4) is 0 Å². The van der Waals surface area contributed by atoms with E-state index in [1.54, 1.807) is 24.3 Å². The molecule has 2 aromatic carbocycles. The largest absolute Gasteiger partial charge is 0.341 e. The van der Waals surface area contributed by atoms with Crippen molar-refractivity contribution in [2.45, 2.75) is 59.4 Å². The lowest BCUT2D eigenvalue weighted by atomic mass is 10.0. The van der Waals surface area contributed by atoms with E-state index >= 15 is 0 Å². The van der Waals surface area contributed by atoms with E-state index < -0.39 is 11.6 Å². The Kier molecular flexibility index (Phi) is 10.7. The molecule has 1 unspecified atom stereocenters. The molecule has 2 aliphatic rings. The van der Waals surface area contributed by atoms with Crippen molar-refractivity contribution < 1.29 is 13.6 Å². The summed E-state index contributed by atoms with van der Waals surface area (Å²) in [4.78, 5) is 13.5. The van der Waals surface area contributed by atoms with Gasteiger partial charge in [0.25, 0.3) is 0 Å². The van der Waals surface area contributed by atoms with E-state index in [9.17, 15) is 13.6 Å². The van der Waals surface area contributed by atoms with Crippen molar-refractivity contribution in [3.8, 4) is 11.1 Å². The molecule has 166 valence electrons. The Balaban J connectivity index is 0.000000260. The highest BCUT2D eigenvalue weighted by atomic mass is 19.1. The molecule has 3 nitrogen and oxygen atoms in total. The molecule has 0 bridgehead atoms. The fourth-order valence-electron chi connectivity index (χ4n) is 3.14. The fraction of sp³-hybridized carbons (Fsp3) is 0.480. The summed E-state index contributed by atoms with van der Waals surface area (Å²) in [6.07, 6.45) is 3.14. The van der Waals surface area contributed by atoms with Crippen LogP contribution >= 0.6 is 0 Å². The highest BCUT2D eigenvalue weighted by Gasteiger charge is 2.39. The third kappa shape index (κ3) is 7.52. The molecule has 2 fully saturated rings. The van der Waals surface area contributed by atoms with E-state index in [-0.39, 0.29) is 11.1 Å². The van der Waals surface area contributed by atoms with E-state index in [0.29, 0.717) is 17.4 Å². The van der Waals surface area contributed by atoms with Crippen LogP contribution < -0.4 is 5.73 Å². The molecule has 1 saturated carbocycles. The van der Waals surface area contributed by atoms with Gasteiger partial charge in [0.1, 0.15) is 11.6 Å². The quantitative estimate of drug-likeness (QED) is 0.647. The highest BCUT2D eigenvalue weighted by Crippen LogP contribution is 2.33. The van der Waals surface area contributed by atoms with Crippen LogP contribution in [0.1, 0.15) is 53.9 Å². The Bertz CT molecular complexity index is 754. The molecule has 1 aliphatic heterocycles. The van der Waals surface area contributed by atoms with E-state index in [2.05, 4.69) is 0 Å². The van der Waals surface area contributed by atoms with E-state index in [0.717, 1.165) is 32.4 Å². The lowest BCUT2D eigenvalue weighted by molar-refractivity contribution is -0.131. The Morgan fingerprint density at radius 2 is 1.50 bits per heavy atom. The van der Waals surface area contributed by atoms with Gasteiger partial charge in [-0.3, -0.25) is 4.79 Å². The number of nitrogens with two attached hydrogens (primary N) is 1. The molecule has 1 amide bonds. The molecule has 0 aromatic heterocycles. The number of carbonyl (C=O) groups excluding carboxylic acids is 1. The molecule has 5 heteroatoms. The second-order valence-corrected chi connectivity index (χ2v) is 7.40. The van der Waals surface area contributed by atoms with Crippen molar-refractivity contribution in [1.29, 1.82) is 0 Å². The van der Waals surface area contributed by atoms with Gasteiger partial charge in [0.05, 0.1) is 5.56 Å². The molecule has 2 N–H and O–H groups in total. The van der Waals surface area contributed by atoms with Gasteiger partial charge in [-0.2, -0.15) is 0 Å². The lowest BCUT2D eigenvalue weighted by Crippen LogP contribution is -2.41. The van der Waals surface area contributed by atoms with Gasteiger partial charge in [-0.05, 0) is 43.9 Å². The summed E-state index contributed by atoms with van der Waals surface area (Å²) >= 11 is 0. The molecule has 1 heterocycles. The molecule has 4 rings (SSSR count). The van der Waals surface area contributed by atoms with Crippen LogP contribution in [0.25, 0.3) is 11.1 Å². The molecule has 0 radical (unpaired) electrons. The zero-order valence-corrected chi connectivity index (χ0v) is 18.9. The molecular formula is C25H36F2N2O. The average molecular weight is 419 g/mol. The van der Waals surface area contributed by atoms with Crippen LogP contribution in [0.5, 0.6) is 0 Å². The SMILES string of the molecule is CC.CC.CC1(N)CCN(C(=O)C2CC2)C1.Fc1cccc(F)c1-c1ccccc1. The molecule has 2 aromatic rings. The smallest absolute Gasteiger partial charge is 0.225 e. The third-order valence-corrected chi connectivity index (χ3v) is 4.77. The Morgan fingerprint density at radius 3 is 1.93 bits per heavy atom. The number of carbonyl (C=O) groups is 1. The summed E-state index contributed by atoms with van der Waals surface area (Å²) in [7, 11) is 0. The summed E-state index contributed by atoms with van der Waals surface area (Å²) in [5.41, 5.74) is 6.39. The molecule has 1 aliphatic carbocycles. The van der Waals surface area contributed by atoms with Gasteiger partial charge >= 0.3 is 0 Å². The van der Waals surface area contributed by atoms with Gasteiger partial charge in [-0.25, -0.2) is 8.78 Å². The topological polar surface area (TPSA) is 46.3 Å². The first kappa shape index (κ1) is 25.8. The van der Waals surface area contributed by atoms with E-state index in [1.165, 1.54) is 18.2 Å². The average Bonchev–Trinajstić information content (AvgIpc) is 3.54. The molecule has 1 saturated heterocycles. The Hall–Kier alpha value is -2.27. The number of benzene rings is 2. The lowest BCUT2D eigenvalue weighted by Gasteiger charge is -2.19. The van der Waals surface area contributed by atoms with Gasteiger partial charge in [-0.1, -0.05) is 64.1 Å². The molecular weight excluding hydrogens is 382 g/mol. The van der Waals surface area contributed by atoms with E-state index in [4.69, 9.17) is 5.73 Å². The summed E-state index contributed by atoms with van der Waals surface area (Å²) in [6, 6.07) is 12.5. The van der Waals surface area contributed by atoms with Crippen LogP contribution in [0.4, 0.5) is 8.78 Å². The zero-order valence-electron chi connectivity index (χ0n) is 18.9. The molecule has 0 spiro atoms. The monoisotopic (exact) mass is 418 g/mol. The predicted octanol–water partition coefficient (Wildman–Crippen LogP) is 6.03. The van der Waals surface area contributed by atoms with Crippen molar-refractivity contribution in [3.63, 3.8) is 0 Å². The minimum absolute atomic E-state index is 0.0353. The first-order valence-electron chi connectivity index (χ1n) is 10.9. The van der Waals surface area contributed by atoms with Gasteiger partial charge < -0.3 is 10.6 Å². The standard InChI is InChI=1S/C12H8F2.C9H16N2O.2C2H6/c13-10-7-4-8-11(14)12(10)9-5-2-1-3-6-9;1-9(10)4-5-11(6-9)8(12)7-2-3-7;2*1-2/h1-8H;7H,2-6,10H2,1H3;2*1-2H3. The number of amides is 1. The van der Waals surface area contributed by atoms with Crippen LogP contribution in [0, 0.1) is 17.6 Å². The van der Waals surface area contributed by atoms with E-state index in [1.807, 2.05) is 45.6 Å². The zero-order chi connectivity index (χ0) is 22.7. The maximum absolute atomic E-state index is 13.3. The summed E-state index contributed by atoms with van der Waals surface area (Å²) < 4.78 is 26.6. The first-order chi connectivity index (χ1) is 14.4. The summed E-state index contributed by atoms with van der Waals surface area (Å²) in [5.74, 6) is -0.379. The van der Waals surface area contributed by atoms with Crippen molar-refractivity contribution in [2.24, 2.45) is 11.7 Å². The van der Waals surface area contributed by atoms with Gasteiger partial charge in [0.2, 0.25) is 5.91 Å². The minimum atomic E-state index is -0.531. The normalized spacial score (nSPS) is 19.4. The van der Waals surface area contributed by atoms with Crippen LogP contribution in [-0.2, 0) is 4.79 Å². The van der Waals surface area contributed by atoms with Gasteiger partial charge in [0, 0.05) is 24.5 Å². The molecule has 30 heavy (non-hydrogen) atoms. The second-order valence-electron chi connectivity index (χ2n) is 7.40. The number of halogens is 2. The van der Waals surface area contributed by atoms with Crippen LogP contribution in [0.2, 0.25) is 0 Å². The maximum Gasteiger partial charge on any atom is 0.225 e. The summed E-state index contributed by atoms with van der Waals surface area (Å²) in [6.45, 7) is 11.6. The number of hydrogen-bond donors (Lipinski definition) is 1. The third-order valence-electron chi connectivity index (χ3n) is 4.77. The van der Waals surface area contributed by atoms with Crippen molar-refractivity contribution in [1.82, 2.24) is 4.90 Å². The van der Waals surface area contributed by atoms with Crippen LogP contribution in [0.15, 0.2) is 48.5 Å².